The van der Waals surface area contributed by atoms with Gasteiger partial charge in [-0.2, -0.15) is 0 Å². The summed E-state index contributed by atoms with van der Waals surface area (Å²) in [7, 11) is 0. The molecule has 0 fully saturated rings. The number of aliphatic hydroxyl groups excluding tert-OH is 1. The van der Waals surface area contributed by atoms with E-state index in [9.17, 15) is 5.11 Å². The molecule has 0 aliphatic rings. The highest BCUT2D eigenvalue weighted by atomic mass is 16.3. The molecule has 20 heavy (non-hydrogen) atoms. The topological polar surface area (TPSA) is 46.2 Å². The summed E-state index contributed by atoms with van der Waals surface area (Å²) in [5, 5.41) is 9.57. The Bertz CT molecular complexity index is 213. The van der Waals surface area contributed by atoms with Gasteiger partial charge >= 0.3 is 0 Å². The Morgan fingerprint density at radius 1 is 0.850 bits per heavy atom. The van der Waals surface area contributed by atoms with Gasteiger partial charge in [-0.25, -0.2) is 0 Å². The Labute approximate surface area is 126 Å². The summed E-state index contributed by atoms with van der Waals surface area (Å²) >= 11 is 0. The van der Waals surface area contributed by atoms with Crippen LogP contribution in [0.5, 0.6) is 0 Å². The van der Waals surface area contributed by atoms with Gasteiger partial charge < -0.3 is 10.8 Å². The van der Waals surface area contributed by atoms with E-state index in [1.54, 1.807) is 0 Å². The molecule has 0 unspecified atom stereocenters. The van der Waals surface area contributed by atoms with Crippen molar-refractivity contribution in [1.82, 2.24) is 0 Å². The normalized spacial score (nSPS) is 14.8. The third-order valence-corrected chi connectivity index (χ3v) is 3.85. The van der Waals surface area contributed by atoms with Gasteiger partial charge in [0.2, 0.25) is 0 Å². The fourth-order valence-electron chi connectivity index (χ4n) is 2.34. The number of hydrogen-bond acceptors (Lipinski definition) is 2. The second-order valence-electron chi connectivity index (χ2n) is 6.09. The third kappa shape index (κ3) is 14.1. The van der Waals surface area contributed by atoms with Crippen molar-refractivity contribution in [3.05, 3.63) is 12.2 Å². The minimum atomic E-state index is -0.309. The van der Waals surface area contributed by atoms with Crippen LogP contribution in [-0.4, -0.2) is 17.3 Å². The van der Waals surface area contributed by atoms with Crippen molar-refractivity contribution in [2.75, 3.05) is 0 Å². The lowest BCUT2D eigenvalue weighted by molar-refractivity contribution is 0.138. The fourth-order valence-corrected chi connectivity index (χ4v) is 2.34. The molecule has 0 aromatic heterocycles. The molecule has 0 saturated heterocycles. The summed E-state index contributed by atoms with van der Waals surface area (Å²) in [6, 6.07) is -0.0821. The van der Waals surface area contributed by atoms with Crippen LogP contribution in [0.25, 0.3) is 0 Å². The molecule has 0 aromatic rings. The molecule has 0 rings (SSSR count). The van der Waals surface area contributed by atoms with Gasteiger partial charge in [0.1, 0.15) is 0 Å². The summed E-state index contributed by atoms with van der Waals surface area (Å²) in [5.74, 6) is 0. The highest BCUT2D eigenvalue weighted by Gasteiger charge is 2.07. The molecule has 3 N–H and O–H groups in total. The van der Waals surface area contributed by atoms with Crippen molar-refractivity contribution < 1.29 is 5.11 Å². The lowest BCUT2D eigenvalue weighted by Crippen LogP contribution is -2.31. The zero-order valence-corrected chi connectivity index (χ0v) is 13.8. The van der Waals surface area contributed by atoms with Gasteiger partial charge in [-0.05, 0) is 32.6 Å². The summed E-state index contributed by atoms with van der Waals surface area (Å²) in [4.78, 5) is 0. The molecule has 0 aliphatic carbocycles. The number of nitrogens with two attached hydrogens (primary N) is 1. The quantitative estimate of drug-likeness (QED) is 0.350. The van der Waals surface area contributed by atoms with E-state index in [4.69, 9.17) is 5.73 Å². The predicted molar refractivity (Wildman–Crippen MR) is 89.9 cm³/mol. The van der Waals surface area contributed by atoms with Crippen molar-refractivity contribution in [1.29, 1.82) is 0 Å². The molecule has 0 aromatic carbocycles. The zero-order chi connectivity index (χ0) is 15.1. The first-order valence-electron chi connectivity index (χ1n) is 8.77. The lowest BCUT2D eigenvalue weighted by Gasteiger charge is -2.13. The first-order valence-corrected chi connectivity index (χ1v) is 8.77. The summed E-state index contributed by atoms with van der Waals surface area (Å²) in [6.07, 6.45) is 19.4. The number of unbranched alkanes of at least 4 members (excludes halogenated alkanes) is 9. The maximum atomic E-state index is 9.57. The van der Waals surface area contributed by atoms with E-state index in [-0.39, 0.29) is 12.1 Å². The van der Waals surface area contributed by atoms with E-state index in [1.165, 1.54) is 64.2 Å². The van der Waals surface area contributed by atoms with Gasteiger partial charge in [-0.3, -0.25) is 0 Å². The van der Waals surface area contributed by atoms with Crippen LogP contribution in [-0.2, 0) is 0 Å². The van der Waals surface area contributed by atoms with Crippen LogP contribution in [0.3, 0.4) is 0 Å². The molecule has 0 radical (unpaired) electrons. The predicted octanol–water partition coefficient (Wildman–Crippen LogP) is 4.95. The van der Waals surface area contributed by atoms with Gasteiger partial charge in [0.05, 0.1) is 6.10 Å². The first-order chi connectivity index (χ1) is 9.68. The highest BCUT2D eigenvalue weighted by Crippen LogP contribution is 2.12. The molecular weight excluding hydrogens is 246 g/mol. The Balaban J connectivity index is 3.10. The van der Waals surface area contributed by atoms with Gasteiger partial charge in [-0.1, -0.05) is 70.4 Å². The average molecular weight is 284 g/mol. The molecule has 0 spiro atoms. The Hall–Kier alpha value is -0.340. The first kappa shape index (κ1) is 19.7. The van der Waals surface area contributed by atoms with Crippen LogP contribution in [0, 0.1) is 0 Å². The molecule has 0 amide bonds. The number of aliphatic hydroxyl groups is 1. The molecule has 0 bridgehead atoms. The highest BCUT2D eigenvalue weighted by molar-refractivity contribution is 4.80. The average Bonchev–Trinajstić information content (AvgIpc) is 2.43. The zero-order valence-electron chi connectivity index (χ0n) is 13.8. The van der Waals surface area contributed by atoms with E-state index in [2.05, 4.69) is 19.1 Å². The lowest BCUT2D eigenvalue weighted by atomic mass is 10.0. The van der Waals surface area contributed by atoms with Crippen LogP contribution in [0.15, 0.2) is 12.2 Å². The number of hydrogen-bond donors (Lipinski definition) is 2. The second-order valence-corrected chi connectivity index (χ2v) is 6.09. The number of allylic oxidation sites excluding steroid dienone is 2. The van der Waals surface area contributed by atoms with E-state index >= 15 is 0 Å². The summed E-state index contributed by atoms with van der Waals surface area (Å²) in [5.41, 5.74) is 5.63. The molecular formula is C18H37NO. The molecule has 2 nitrogen and oxygen atoms in total. The summed E-state index contributed by atoms with van der Waals surface area (Å²) in [6.45, 7) is 4.10. The monoisotopic (exact) mass is 283 g/mol. The van der Waals surface area contributed by atoms with Gasteiger partial charge in [0.15, 0.2) is 0 Å². The number of rotatable bonds is 14. The Kier molecular flexibility index (Phi) is 14.8. The van der Waals surface area contributed by atoms with Crippen molar-refractivity contribution >= 4 is 0 Å². The van der Waals surface area contributed by atoms with Crippen molar-refractivity contribution in [2.45, 2.75) is 103 Å². The van der Waals surface area contributed by atoms with Crippen LogP contribution < -0.4 is 5.73 Å². The van der Waals surface area contributed by atoms with Crippen LogP contribution >= 0.6 is 0 Å². The van der Waals surface area contributed by atoms with E-state index < -0.39 is 0 Å². The van der Waals surface area contributed by atoms with Crippen molar-refractivity contribution in [3.63, 3.8) is 0 Å². The molecule has 0 saturated carbocycles. The molecule has 0 heterocycles. The fraction of sp³-hybridized carbons (Fsp3) is 0.889. The van der Waals surface area contributed by atoms with Gasteiger partial charge in [0.25, 0.3) is 0 Å². The minimum Gasteiger partial charge on any atom is -0.392 e. The minimum absolute atomic E-state index is 0.0821. The largest absolute Gasteiger partial charge is 0.392 e. The Morgan fingerprint density at radius 2 is 1.35 bits per heavy atom. The molecule has 120 valence electrons. The Morgan fingerprint density at radius 3 is 1.90 bits per heavy atom. The van der Waals surface area contributed by atoms with Crippen molar-refractivity contribution in [3.8, 4) is 0 Å². The van der Waals surface area contributed by atoms with Crippen molar-refractivity contribution in [2.24, 2.45) is 5.73 Å². The standard InChI is InChI=1S/C18H37NO/c1-3-4-5-6-7-8-9-10-11-12-13-14-15-16-18(20)17(2)19/h5-6,17-18,20H,3-4,7-16,19H2,1-2H3/b6-5-/t17-,18+/m0/s1. The molecule has 2 atom stereocenters. The maximum Gasteiger partial charge on any atom is 0.0688 e. The van der Waals surface area contributed by atoms with Crippen LogP contribution in [0.1, 0.15) is 90.9 Å². The summed E-state index contributed by atoms with van der Waals surface area (Å²) < 4.78 is 0. The van der Waals surface area contributed by atoms with E-state index in [0.29, 0.717) is 0 Å². The smallest absolute Gasteiger partial charge is 0.0688 e. The maximum absolute atomic E-state index is 9.57. The molecule has 0 aliphatic heterocycles. The molecule has 2 heteroatoms. The van der Waals surface area contributed by atoms with Gasteiger partial charge in [-0.15, -0.1) is 0 Å². The van der Waals surface area contributed by atoms with Crippen LogP contribution in [0.2, 0.25) is 0 Å². The third-order valence-electron chi connectivity index (χ3n) is 3.85. The van der Waals surface area contributed by atoms with Gasteiger partial charge in [0, 0.05) is 6.04 Å². The van der Waals surface area contributed by atoms with E-state index in [0.717, 1.165) is 12.8 Å². The van der Waals surface area contributed by atoms with E-state index in [1.807, 2.05) is 6.92 Å². The SMILES string of the molecule is CCC/C=C\CCCCCCCCCC[C@@H](O)[C@H](C)N. The second kappa shape index (κ2) is 15.1. The van der Waals surface area contributed by atoms with Crippen LogP contribution in [0.4, 0.5) is 0 Å².